The van der Waals surface area contributed by atoms with Crippen molar-refractivity contribution in [3.63, 3.8) is 0 Å². The summed E-state index contributed by atoms with van der Waals surface area (Å²) < 4.78 is 1.20. The first-order valence-corrected chi connectivity index (χ1v) is 12.0. The van der Waals surface area contributed by atoms with E-state index in [1.54, 1.807) is 22.4 Å². The largest absolute Gasteiger partial charge is 0.351 e. The first kappa shape index (κ1) is 23.5. The molecule has 0 radical (unpaired) electrons. The molecule has 2 heterocycles. The van der Waals surface area contributed by atoms with Gasteiger partial charge in [-0.2, -0.15) is 5.26 Å². The Hall–Kier alpha value is -3.67. The molecule has 0 aliphatic rings. The molecule has 0 bridgehead atoms. The zero-order valence-corrected chi connectivity index (χ0v) is 20.2. The monoisotopic (exact) mass is 472 g/mol. The Morgan fingerprint density at radius 1 is 1.18 bits per heavy atom. The summed E-state index contributed by atoms with van der Waals surface area (Å²) in [6, 6.07) is 17.9. The van der Waals surface area contributed by atoms with Crippen LogP contribution in [0.4, 0.5) is 10.5 Å². The summed E-state index contributed by atoms with van der Waals surface area (Å²) in [7, 11) is 2.04. The number of hydrogen-bond donors (Lipinski definition) is 2. The van der Waals surface area contributed by atoms with Gasteiger partial charge < -0.3 is 10.7 Å². The lowest BCUT2D eigenvalue weighted by Crippen LogP contribution is -2.37. The maximum Gasteiger partial charge on any atom is 0.319 e. The van der Waals surface area contributed by atoms with Crippen molar-refractivity contribution in [1.82, 2.24) is 14.9 Å². The zero-order valence-electron chi connectivity index (χ0n) is 19.4. The van der Waals surface area contributed by atoms with Gasteiger partial charge in [0.15, 0.2) is 0 Å². The fourth-order valence-electron chi connectivity index (χ4n) is 4.13. The highest BCUT2D eigenvalue weighted by atomic mass is 32.1. The van der Waals surface area contributed by atoms with Gasteiger partial charge in [-0.15, -0.1) is 11.3 Å². The van der Waals surface area contributed by atoms with Gasteiger partial charge in [-0.1, -0.05) is 30.3 Å². The Kier molecular flexibility index (Phi) is 7.26. The summed E-state index contributed by atoms with van der Waals surface area (Å²) in [6.07, 6.45) is 3.17. The number of amides is 2. The minimum Gasteiger partial charge on any atom is -0.351 e. The zero-order chi connectivity index (χ0) is 24.1. The average molecular weight is 473 g/mol. The van der Waals surface area contributed by atoms with Crippen molar-refractivity contribution in [2.75, 3.05) is 25.0 Å². The number of nitrogens with one attached hydrogen (secondary N) is 1. The van der Waals surface area contributed by atoms with Crippen molar-refractivity contribution in [3.05, 3.63) is 82.3 Å². The van der Waals surface area contributed by atoms with Crippen LogP contribution < -0.4 is 10.6 Å². The number of aromatic nitrogens is 2. The molecule has 0 atom stereocenters. The van der Waals surface area contributed by atoms with Crippen molar-refractivity contribution in [1.29, 1.82) is 5.26 Å². The smallest absolute Gasteiger partial charge is 0.319 e. The maximum atomic E-state index is 12.3. The second-order valence-electron chi connectivity index (χ2n) is 8.39. The number of fused-ring (bicyclic) bond motifs is 1. The highest BCUT2D eigenvalue weighted by molar-refractivity contribution is 7.19. The predicted octanol–water partition coefficient (Wildman–Crippen LogP) is 4.61. The molecule has 3 N–H and O–H groups in total. The van der Waals surface area contributed by atoms with Gasteiger partial charge in [-0.05, 0) is 61.5 Å². The Labute approximate surface area is 203 Å². The van der Waals surface area contributed by atoms with E-state index in [9.17, 15) is 4.79 Å². The van der Waals surface area contributed by atoms with E-state index in [2.05, 4.69) is 52.1 Å². The standard InChI is InChI=1S/C26H28N6OS/c1-18-22(11-12-31(2)17-25-29-16-20(15-27)30-25)23-14-21(8-9-24(23)34-18)32(26(28)33)13-10-19-6-4-3-5-7-19/h3-9,14,16H,10-13,17H2,1-2H3,(H2,28,33)(H,29,30). The highest BCUT2D eigenvalue weighted by Gasteiger charge is 2.16. The Balaban J connectivity index is 1.49. The number of nitrogens with zero attached hydrogens (tertiary/aromatic N) is 4. The van der Waals surface area contributed by atoms with E-state index in [1.165, 1.54) is 26.1 Å². The van der Waals surface area contributed by atoms with E-state index >= 15 is 0 Å². The lowest BCUT2D eigenvalue weighted by atomic mass is 10.1. The molecule has 174 valence electrons. The van der Waals surface area contributed by atoms with E-state index < -0.39 is 6.03 Å². The summed E-state index contributed by atoms with van der Waals surface area (Å²) in [5.41, 5.74) is 9.51. The summed E-state index contributed by atoms with van der Waals surface area (Å²) in [5, 5.41) is 10.1. The second-order valence-corrected chi connectivity index (χ2v) is 9.64. The van der Waals surface area contributed by atoms with Crippen molar-refractivity contribution < 1.29 is 4.79 Å². The summed E-state index contributed by atoms with van der Waals surface area (Å²) in [6.45, 7) is 4.16. The number of urea groups is 1. The quantitative estimate of drug-likeness (QED) is 0.371. The molecule has 7 nitrogen and oxygen atoms in total. The summed E-state index contributed by atoms with van der Waals surface area (Å²) >= 11 is 1.77. The number of nitriles is 1. The van der Waals surface area contributed by atoms with E-state index in [1.807, 2.05) is 31.3 Å². The molecule has 0 spiro atoms. The van der Waals surface area contributed by atoms with Crippen molar-refractivity contribution in [2.45, 2.75) is 26.3 Å². The number of thiophene rings is 1. The first-order valence-electron chi connectivity index (χ1n) is 11.2. The maximum absolute atomic E-state index is 12.3. The molecule has 34 heavy (non-hydrogen) atoms. The topological polar surface area (TPSA) is 102 Å². The van der Waals surface area contributed by atoms with Crippen LogP contribution >= 0.6 is 11.3 Å². The van der Waals surface area contributed by atoms with Crippen molar-refractivity contribution in [3.8, 4) is 6.07 Å². The minimum absolute atomic E-state index is 0.446. The fourth-order valence-corrected chi connectivity index (χ4v) is 5.22. The third kappa shape index (κ3) is 5.45. The molecule has 0 fully saturated rings. The number of imidazole rings is 1. The number of likely N-dealkylation sites (N-methyl/N-ethyl adjacent to an activating group) is 1. The number of rotatable bonds is 9. The number of aromatic amines is 1. The molecule has 0 unspecified atom stereocenters. The lowest BCUT2D eigenvalue weighted by Gasteiger charge is -2.21. The summed E-state index contributed by atoms with van der Waals surface area (Å²) in [5.74, 6) is 0.781. The normalized spacial score (nSPS) is 11.1. The van der Waals surface area contributed by atoms with Crippen LogP contribution in [0, 0.1) is 18.3 Å². The van der Waals surface area contributed by atoms with Gasteiger partial charge in [0.05, 0.1) is 12.7 Å². The highest BCUT2D eigenvalue weighted by Crippen LogP contribution is 2.34. The number of benzene rings is 2. The van der Waals surface area contributed by atoms with Crippen LogP contribution in [0.25, 0.3) is 10.1 Å². The number of primary amides is 1. The summed E-state index contributed by atoms with van der Waals surface area (Å²) in [4.78, 5) is 24.7. The van der Waals surface area contributed by atoms with Crippen LogP contribution in [0.5, 0.6) is 0 Å². The average Bonchev–Trinajstić information content (AvgIpc) is 3.41. The molecule has 0 saturated carbocycles. The number of carbonyl (C=O) groups is 1. The molecule has 2 aromatic carbocycles. The predicted molar refractivity (Wildman–Crippen MR) is 137 cm³/mol. The van der Waals surface area contributed by atoms with E-state index in [4.69, 9.17) is 11.0 Å². The van der Waals surface area contributed by atoms with Crippen molar-refractivity contribution in [2.24, 2.45) is 5.73 Å². The Bertz CT molecular complexity index is 1320. The number of nitrogens with two attached hydrogens (primary N) is 1. The van der Waals surface area contributed by atoms with Crippen LogP contribution in [0.15, 0.2) is 54.7 Å². The Morgan fingerprint density at radius 2 is 1.97 bits per heavy atom. The molecule has 8 heteroatoms. The van der Waals surface area contributed by atoms with Gasteiger partial charge in [0.25, 0.3) is 0 Å². The molecule has 0 aliphatic carbocycles. The molecule has 0 aliphatic heterocycles. The van der Waals surface area contributed by atoms with Crippen molar-refractivity contribution >= 4 is 33.1 Å². The molecule has 2 aromatic heterocycles. The fraction of sp³-hybridized carbons (Fsp3) is 0.269. The van der Waals surface area contributed by atoms with Crippen LogP contribution in [-0.2, 0) is 19.4 Å². The van der Waals surface area contributed by atoms with E-state index in [0.29, 0.717) is 18.8 Å². The van der Waals surface area contributed by atoms with E-state index in [-0.39, 0.29) is 0 Å². The van der Waals surface area contributed by atoms with Crippen LogP contribution in [0.2, 0.25) is 0 Å². The molecular formula is C26H28N6OS. The van der Waals surface area contributed by atoms with Gasteiger partial charge in [0.1, 0.15) is 17.6 Å². The van der Waals surface area contributed by atoms with Crippen LogP contribution in [-0.4, -0.2) is 41.0 Å². The molecular weight excluding hydrogens is 444 g/mol. The third-order valence-corrected chi connectivity index (χ3v) is 7.06. The molecule has 4 rings (SSSR count). The van der Waals surface area contributed by atoms with Crippen LogP contribution in [0.3, 0.4) is 0 Å². The third-order valence-electron chi connectivity index (χ3n) is 5.93. The van der Waals surface area contributed by atoms with Gasteiger partial charge in [-0.3, -0.25) is 9.80 Å². The van der Waals surface area contributed by atoms with Gasteiger partial charge in [-0.25, -0.2) is 9.78 Å². The number of carbonyl (C=O) groups excluding carboxylic acids is 1. The molecule has 2 amide bonds. The van der Waals surface area contributed by atoms with Gasteiger partial charge in [0, 0.05) is 28.4 Å². The van der Waals surface area contributed by atoms with Gasteiger partial charge in [0.2, 0.25) is 0 Å². The number of hydrogen-bond acceptors (Lipinski definition) is 5. The van der Waals surface area contributed by atoms with Gasteiger partial charge >= 0.3 is 6.03 Å². The lowest BCUT2D eigenvalue weighted by molar-refractivity contribution is 0.254. The minimum atomic E-state index is -0.446. The van der Waals surface area contributed by atoms with Crippen LogP contribution in [0.1, 0.15) is 27.5 Å². The molecule has 0 saturated heterocycles. The number of aryl methyl sites for hydroxylation is 1. The number of anilines is 1. The number of H-pyrrole nitrogens is 1. The SMILES string of the molecule is Cc1sc2ccc(N(CCc3ccccc3)C(N)=O)cc2c1CCN(C)Cc1ncc(C#N)[nH]1. The van der Waals surface area contributed by atoms with E-state index in [0.717, 1.165) is 30.9 Å². The second kappa shape index (κ2) is 10.5. The first-order chi connectivity index (χ1) is 16.4. The molecule has 4 aromatic rings. The Morgan fingerprint density at radius 3 is 2.68 bits per heavy atom.